The minimum absolute atomic E-state index is 0.610. The van der Waals surface area contributed by atoms with E-state index in [-0.39, 0.29) is 0 Å². The third-order valence-electron chi connectivity index (χ3n) is 11.9. The van der Waals surface area contributed by atoms with E-state index in [0.717, 1.165) is 55.7 Å². The molecule has 0 saturated heterocycles. The fraction of sp³-hybridized carbons (Fsp3) is 0. The Morgan fingerprint density at radius 2 is 0.790 bits per heavy atom. The largest absolute Gasteiger partial charge is 0.309 e. The van der Waals surface area contributed by atoms with Crippen LogP contribution in [0.15, 0.2) is 218 Å². The van der Waals surface area contributed by atoms with Crippen LogP contribution in [0.3, 0.4) is 0 Å². The smallest absolute Gasteiger partial charge is 0.164 e. The molecule has 4 nitrogen and oxygen atoms in total. The number of rotatable bonds is 7. The zero-order valence-corrected chi connectivity index (χ0v) is 34.3. The fourth-order valence-corrected chi connectivity index (χ4v) is 10.2. The van der Waals surface area contributed by atoms with Crippen molar-refractivity contribution in [3.8, 4) is 73.2 Å². The van der Waals surface area contributed by atoms with Crippen molar-refractivity contribution in [1.29, 1.82) is 0 Å². The molecule has 12 rings (SSSR count). The highest BCUT2D eigenvalue weighted by Crippen LogP contribution is 2.42. The van der Waals surface area contributed by atoms with Gasteiger partial charge in [-0.3, -0.25) is 0 Å². The van der Waals surface area contributed by atoms with E-state index < -0.39 is 0 Å². The van der Waals surface area contributed by atoms with Crippen molar-refractivity contribution in [3.63, 3.8) is 0 Å². The number of thiophene rings is 1. The summed E-state index contributed by atoms with van der Waals surface area (Å²) in [6, 6.07) is 77.5. The van der Waals surface area contributed by atoms with Gasteiger partial charge in [-0.1, -0.05) is 182 Å². The maximum Gasteiger partial charge on any atom is 0.164 e. The second-order valence-electron chi connectivity index (χ2n) is 15.6. The van der Waals surface area contributed by atoms with Crippen molar-refractivity contribution in [3.05, 3.63) is 218 Å². The average molecular weight is 809 g/mol. The van der Waals surface area contributed by atoms with E-state index in [1.54, 1.807) is 0 Å². The van der Waals surface area contributed by atoms with Gasteiger partial charge in [0.1, 0.15) is 0 Å². The molecule has 3 heterocycles. The molecule has 9 aromatic carbocycles. The molecule has 0 aliphatic heterocycles. The van der Waals surface area contributed by atoms with E-state index >= 15 is 0 Å². The van der Waals surface area contributed by atoms with Gasteiger partial charge in [0.05, 0.1) is 16.7 Å². The Bertz CT molecular complexity index is 3590. The van der Waals surface area contributed by atoms with Crippen LogP contribution in [0.1, 0.15) is 0 Å². The van der Waals surface area contributed by atoms with E-state index in [9.17, 15) is 0 Å². The summed E-state index contributed by atoms with van der Waals surface area (Å²) in [7, 11) is 0. The van der Waals surface area contributed by atoms with Crippen molar-refractivity contribution in [1.82, 2.24) is 19.5 Å². The van der Waals surface area contributed by atoms with E-state index in [1.165, 1.54) is 42.1 Å². The maximum atomic E-state index is 5.27. The fourth-order valence-electron chi connectivity index (χ4n) is 8.93. The molecule has 0 aliphatic rings. The summed E-state index contributed by atoms with van der Waals surface area (Å²) < 4.78 is 5.00. The highest BCUT2D eigenvalue weighted by atomic mass is 32.1. The quantitative estimate of drug-likeness (QED) is 0.161. The van der Waals surface area contributed by atoms with Crippen LogP contribution < -0.4 is 0 Å². The topological polar surface area (TPSA) is 43.6 Å². The van der Waals surface area contributed by atoms with Crippen LogP contribution >= 0.6 is 11.3 Å². The van der Waals surface area contributed by atoms with Gasteiger partial charge in [-0.15, -0.1) is 11.3 Å². The van der Waals surface area contributed by atoms with E-state index in [0.29, 0.717) is 17.5 Å². The molecule has 0 atom stereocenters. The van der Waals surface area contributed by atoms with Gasteiger partial charge in [-0.25, -0.2) is 15.0 Å². The molecule has 0 amide bonds. The summed E-state index contributed by atoms with van der Waals surface area (Å²) in [6.45, 7) is 0. The Morgan fingerprint density at radius 3 is 1.48 bits per heavy atom. The maximum absolute atomic E-state index is 5.27. The summed E-state index contributed by atoms with van der Waals surface area (Å²) in [5.41, 5.74) is 13.0. The van der Waals surface area contributed by atoms with Gasteiger partial charge in [0.25, 0.3) is 0 Å². The standard InChI is InChI=1S/C57H36N4S/c1-3-16-37(17-4-1)44-33-32-43(36-52(44)61-50-29-10-7-24-46(50)47-25-8-11-30-51(47)61)57-59-55(38-18-5-2-6-19-38)58-56(60-57)42-23-14-21-40(35-42)39-20-13-22-41(34-39)45-27-15-28-49-48-26-9-12-31-53(48)62-54(45)49/h1-36H. The van der Waals surface area contributed by atoms with E-state index in [1.807, 2.05) is 29.5 Å². The molecule has 0 aliphatic carbocycles. The number of benzene rings is 9. The van der Waals surface area contributed by atoms with Gasteiger partial charge in [-0.2, -0.15) is 0 Å². The van der Waals surface area contributed by atoms with E-state index in [4.69, 9.17) is 15.0 Å². The van der Waals surface area contributed by atoms with Crippen molar-refractivity contribution >= 4 is 53.3 Å². The van der Waals surface area contributed by atoms with Crippen LogP contribution in [-0.2, 0) is 0 Å². The van der Waals surface area contributed by atoms with Gasteiger partial charge in [0.15, 0.2) is 17.5 Å². The number of aromatic nitrogens is 4. The van der Waals surface area contributed by atoms with Crippen LogP contribution in [0.2, 0.25) is 0 Å². The van der Waals surface area contributed by atoms with Crippen molar-refractivity contribution < 1.29 is 0 Å². The highest BCUT2D eigenvalue weighted by Gasteiger charge is 2.19. The zero-order chi connectivity index (χ0) is 41.0. The molecule has 0 spiro atoms. The molecule has 5 heteroatoms. The summed E-state index contributed by atoms with van der Waals surface area (Å²) in [5.74, 6) is 1.85. The molecular weight excluding hydrogens is 773 g/mol. The number of para-hydroxylation sites is 2. The first-order valence-electron chi connectivity index (χ1n) is 20.8. The summed E-state index contributed by atoms with van der Waals surface area (Å²) >= 11 is 1.86. The summed E-state index contributed by atoms with van der Waals surface area (Å²) in [5, 5.41) is 5.03. The Labute approximate surface area is 362 Å². The first-order valence-corrected chi connectivity index (χ1v) is 21.7. The second kappa shape index (κ2) is 14.9. The minimum atomic E-state index is 0.610. The third kappa shape index (κ3) is 6.18. The molecule has 0 N–H and O–H groups in total. The van der Waals surface area contributed by atoms with E-state index in [2.05, 4.69) is 205 Å². The molecule has 290 valence electrons. The van der Waals surface area contributed by atoms with Crippen LogP contribution in [0, 0.1) is 0 Å². The lowest BCUT2D eigenvalue weighted by molar-refractivity contribution is 1.07. The van der Waals surface area contributed by atoms with Crippen LogP contribution in [0.5, 0.6) is 0 Å². The molecule has 0 bridgehead atoms. The lowest BCUT2D eigenvalue weighted by atomic mass is 9.97. The lowest BCUT2D eigenvalue weighted by Crippen LogP contribution is -2.02. The van der Waals surface area contributed by atoms with Gasteiger partial charge in [0, 0.05) is 53.2 Å². The van der Waals surface area contributed by atoms with Gasteiger partial charge in [0.2, 0.25) is 0 Å². The number of hydrogen-bond acceptors (Lipinski definition) is 4. The Morgan fingerprint density at radius 1 is 0.306 bits per heavy atom. The molecule has 0 unspecified atom stereocenters. The Balaban J connectivity index is 1.01. The van der Waals surface area contributed by atoms with Crippen molar-refractivity contribution in [2.24, 2.45) is 0 Å². The minimum Gasteiger partial charge on any atom is -0.309 e. The molecule has 12 aromatic rings. The molecule has 62 heavy (non-hydrogen) atoms. The first kappa shape index (κ1) is 35.9. The number of fused-ring (bicyclic) bond motifs is 6. The van der Waals surface area contributed by atoms with Crippen LogP contribution in [0.4, 0.5) is 0 Å². The predicted octanol–water partition coefficient (Wildman–Crippen LogP) is 15.3. The zero-order valence-electron chi connectivity index (χ0n) is 33.5. The average Bonchev–Trinajstić information content (AvgIpc) is 3.90. The molecule has 0 radical (unpaired) electrons. The Hall–Kier alpha value is -7.99. The lowest BCUT2D eigenvalue weighted by Gasteiger charge is -2.16. The summed E-state index contributed by atoms with van der Waals surface area (Å²) in [4.78, 5) is 15.6. The predicted molar refractivity (Wildman–Crippen MR) is 260 cm³/mol. The first-order chi connectivity index (χ1) is 30.7. The second-order valence-corrected chi connectivity index (χ2v) is 16.6. The molecule has 0 fully saturated rings. The SMILES string of the molecule is c1ccc(-c2nc(-c3cccc(-c4cccc(-c5cccc6c5sc5ccccc56)c4)c3)nc(-c3ccc(-c4ccccc4)c(-n4c5ccccc5c5ccccc54)c3)n2)cc1. The molecular formula is C57H36N4S. The summed E-state index contributed by atoms with van der Waals surface area (Å²) in [6.07, 6.45) is 0. The molecule has 0 saturated carbocycles. The monoisotopic (exact) mass is 808 g/mol. The van der Waals surface area contributed by atoms with Crippen LogP contribution in [-0.4, -0.2) is 19.5 Å². The van der Waals surface area contributed by atoms with Gasteiger partial charge < -0.3 is 4.57 Å². The third-order valence-corrected chi connectivity index (χ3v) is 13.1. The highest BCUT2D eigenvalue weighted by molar-refractivity contribution is 7.26. The number of nitrogens with zero attached hydrogens (tertiary/aromatic N) is 4. The van der Waals surface area contributed by atoms with Crippen LogP contribution in [0.25, 0.3) is 115 Å². The normalized spacial score (nSPS) is 11.5. The Kier molecular flexibility index (Phi) is 8.65. The molecule has 3 aromatic heterocycles. The number of hydrogen-bond donors (Lipinski definition) is 0. The van der Waals surface area contributed by atoms with Gasteiger partial charge >= 0.3 is 0 Å². The van der Waals surface area contributed by atoms with Crippen molar-refractivity contribution in [2.45, 2.75) is 0 Å². The van der Waals surface area contributed by atoms with Gasteiger partial charge in [-0.05, 0) is 64.2 Å². The van der Waals surface area contributed by atoms with Crippen molar-refractivity contribution in [2.75, 3.05) is 0 Å².